The third-order valence-corrected chi connectivity index (χ3v) is 3.70. The van der Waals surface area contributed by atoms with E-state index in [1.807, 2.05) is 19.1 Å². The second-order valence-electron chi connectivity index (χ2n) is 4.35. The molecule has 23 heavy (non-hydrogen) atoms. The first-order chi connectivity index (χ1) is 10.7. The lowest BCUT2D eigenvalue weighted by atomic mass is 10.2. The number of hydrogen-bond donors (Lipinski definition) is 2. The standard InChI is InChI=1S/C15H24BrN3O3.HI/c1-5-22-7-6-18-15(17-2)19-10-11-8-13(20-3)14(21-4)9-12(11)16;/h8-9H,5-7,10H2,1-4H3,(H2,17,18,19);1H. The van der Waals surface area contributed by atoms with Gasteiger partial charge in [-0.2, -0.15) is 0 Å². The van der Waals surface area contributed by atoms with E-state index in [0.717, 1.165) is 16.0 Å². The molecule has 8 heteroatoms. The Balaban J connectivity index is 0.00000484. The summed E-state index contributed by atoms with van der Waals surface area (Å²) >= 11 is 3.54. The van der Waals surface area contributed by atoms with Gasteiger partial charge in [-0.1, -0.05) is 15.9 Å². The molecule has 0 unspecified atom stereocenters. The number of hydrogen-bond acceptors (Lipinski definition) is 4. The summed E-state index contributed by atoms with van der Waals surface area (Å²) in [6.07, 6.45) is 0. The number of benzene rings is 1. The Morgan fingerprint density at radius 2 is 1.83 bits per heavy atom. The molecule has 132 valence electrons. The molecule has 0 aliphatic carbocycles. The highest BCUT2D eigenvalue weighted by molar-refractivity contribution is 14.0. The van der Waals surface area contributed by atoms with Crippen molar-refractivity contribution in [3.8, 4) is 11.5 Å². The van der Waals surface area contributed by atoms with Crippen molar-refractivity contribution < 1.29 is 14.2 Å². The number of halogens is 2. The van der Waals surface area contributed by atoms with E-state index in [1.165, 1.54) is 0 Å². The molecule has 0 saturated heterocycles. The quantitative estimate of drug-likeness (QED) is 0.248. The molecule has 0 amide bonds. The molecule has 0 spiro atoms. The zero-order valence-electron chi connectivity index (χ0n) is 13.9. The van der Waals surface area contributed by atoms with Crippen molar-refractivity contribution in [1.29, 1.82) is 0 Å². The van der Waals surface area contributed by atoms with Crippen LogP contribution in [0.1, 0.15) is 12.5 Å². The van der Waals surface area contributed by atoms with Crippen molar-refractivity contribution >= 4 is 45.9 Å². The van der Waals surface area contributed by atoms with E-state index in [4.69, 9.17) is 14.2 Å². The molecule has 0 aromatic heterocycles. The van der Waals surface area contributed by atoms with Gasteiger partial charge < -0.3 is 24.8 Å². The summed E-state index contributed by atoms with van der Waals surface area (Å²) in [6, 6.07) is 3.82. The number of guanidine groups is 1. The lowest BCUT2D eigenvalue weighted by Gasteiger charge is -2.15. The molecule has 0 atom stereocenters. The molecule has 0 aliphatic rings. The summed E-state index contributed by atoms with van der Waals surface area (Å²) in [7, 11) is 4.98. The Morgan fingerprint density at radius 3 is 2.39 bits per heavy atom. The predicted molar refractivity (Wildman–Crippen MR) is 107 cm³/mol. The van der Waals surface area contributed by atoms with Gasteiger partial charge in [-0.3, -0.25) is 4.99 Å². The number of rotatable bonds is 8. The van der Waals surface area contributed by atoms with Crippen molar-refractivity contribution in [1.82, 2.24) is 10.6 Å². The molecule has 6 nitrogen and oxygen atoms in total. The van der Waals surface area contributed by atoms with Crippen LogP contribution >= 0.6 is 39.9 Å². The SMILES string of the molecule is CCOCCNC(=NC)NCc1cc(OC)c(OC)cc1Br.I. The first kappa shape index (κ1) is 22.3. The Hall–Kier alpha value is -0.740. The second kappa shape index (κ2) is 12.7. The maximum absolute atomic E-state index is 5.32. The third-order valence-electron chi connectivity index (χ3n) is 2.97. The second-order valence-corrected chi connectivity index (χ2v) is 5.20. The number of ether oxygens (including phenoxy) is 3. The Bertz CT molecular complexity index is 501. The van der Waals surface area contributed by atoms with Crippen LogP contribution in [0.25, 0.3) is 0 Å². The normalized spacial score (nSPS) is 10.7. The number of nitrogens with one attached hydrogen (secondary N) is 2. The van der Waals surface area contributed by atoms with Gasteiger partial charge in [-0.05, 0) is 24.6 Å². The van der Waals surface area contributed by atoms with Gasteiger partial charge in [-0.15, -0.1) is 24.0 Å². The van der Waals surface area contributed by atoms with Crippen molar-refractivity contribution in [2.45, 2.75) is 13.5 Å². The van der Waals surface area contributed by atoms with Gasteiger partial charge in [0.05, 0.1) is 20.8 Å². The average molecular weight is 502 g/mol. The van der Waals surface area contributed by atoms with Crippen LogP contribution in [0.3, 0.4) is 0 Å². The Morgan fingerprint density at radius 1 is 1.17 bits per heavy atom. The van der Waals surface area contributed by atoms with E-state index in [-0.39, 0.29) is 24.0 Å². The maximum atomic E-state index is 5.32. The van der Waals surface area contributed by atoms with Crippen LogP contribution < -0.4 is 20.1 Å². The molecule has 0 radical (unpaired) electrons. The van der Waals surface area contributed by atoms with Crippen molar-refractivity contribution in [2.75, 3.05) is 41.0 Å². The van der Waals surface area contributed by atoms with Gasteiger partial charge in [0.2, 0.25) is 0 Å². The summed E-state index contributed by atoms with van der Waals surface area (Å²) in [5.74, 6) is 2.11. The van der Waals surface area contributed by atoms with Crippen LogP contribution in [0.4, 0.5) is 0 Å². The van der Waals surface area contributed by atoms with Crippen LogP contribution in [0.5, 0.6) is 11.5 Å². The summed E-state index contributed by atoms with van der Waals surface area (Å²) in [5, 5.41) is 6.44. The van der Waals surface area contributed by atoms with Crippen LogP contribution in [-0.2, 0) is 11.3 Å². The highest BCUT2D eigenvalue weighted by Crippen LogP contribution is 2.33. The van der Waals surface area contributed by atoms with Crippen LogP contribution in [0, 0.1) is 0 Å². The van der Waals surface area contributed by atoms with Crippen molar-refractivity contribution in [3.05, 3.63) is 22.2 Å². The van der Waals surface area contributed by atoms with Crippen molar-refractivity contribution in [3.63, 3.8) is 0 Å². The molecule has 0 saturated carbocycles. The fourth-order valence-electron chi connectivity index (χ4n) is 1.82. The number of methoxy groups -OCH3 is 2. The first-order valence-corrected chi connectivity index (χ1v) is 7.88. The third kappa shape index (κ3) is 7.58. The predicted octanol–water partition coefficient (Wildman–Crippen LogP) is 2.79. The monoisotopic (exact) mass is 501 g/mol. The van der Waals surface area contributed by atoms with Gasteiger partial charge in [0, 0.05) is 31.2 Å². The van der Waals surface area contributed by atoms with Gasteiger partial charge in [0.15, 0.2) is 17.5 Å². The van der Waals surface area contributed by atoms with E-state index in [2.05, 4.69) is 31.6 Å². The molecule has 0 aliphatic heterocycles. The summed E-state index contributed by atoms with van der Waals surface area (Å²) < 4.78 is 16.8. The smallest absolute Gasteiger partial charge is 0.191 e. The fraction of sp³-hybridized carbons (Fsp3) is 0.533. The van der Waals surface area contributed by atoms with Gasteiger partial charge in [-0.25, -0.2) is 0 Å². The van der Waals surface area contributed by atoms with E-state index < -0.39 is 0 Å². The summed E-state index contributed by atoms with van der Waals surface area (Å²) in [5.41, 5.74) is 1.05. The lowest BCUT2D eigenvalue weighted by Crippen LogP contribution is -2.38. The molecule has 0 bridgehead atoms. The van der Waals surface area contributed by atoms with Gasteiger partial charge in [0.1, 0.15) is 0 Å². The highest BCUT2D eigenvalue weighted by Gasteiger charge is 2.10. The van der Waals surface area contributed by atoms with Crippen LogP contribution in [-0.4, -0.2) is 47.0 Å². The molecule has 1 aromatic rings. The largest absolute Gasteiger partial charge is 0.493 e. The average Bonchev–Trinajstić information content (AvgIpc) is 2.54. The number of aliphatic imine (C=N–C) groups is 1. The van der Waals surface area contributed by atoms with E-state index in [9.17, 15) is 0 Å². The number of nitrogens with zero attached hydrogens (tertiary/aromatic N) is 1. The summed E-state index contributed by atoms with van der Waals surface area (Å²) in [6.45, 7) is 4.65. The Labute approximate surface area is 163 Å². The topological polar surface area (TPSA) is 64.1 Å². The Kier molecular flexibility index (Phi) is 12.2. The van der Waals surface area contributed by atoms with Crippen LogP contribution in [0.2, 0.25) is 0 Å². The molecule has 1 rings (SSSR count). The molecule has 1 aromatic carbocycles. The minimum Gasteiger partial charge on any atom is -0.493 e. The summed E-state index contributed by atoms with van der Waals surface area (Å²) in [4.78, 5) is 4.17. The molecule has 0 heterocycles. The zero-order valence-corrected chi connectivity index (χ0v) is 17.9. The molecular weight excluding hydrogens is 477 g/mol. The van der Waals surface area contributed by atoms with Crippen molar-refractivity contribution in [2.24, 2.45) is 4.99 Å². The first-order valence-electron chi connectivity index (χ1n) is 7.08. The van der Waals surface area contributed by atoms with E-state index in [0.29, 0.717) is 37.8 Å². The van der Waals surface area contributed by atoms with Gasteiger partial charge in [0.25, 0.3) is 0 Å². The fourth-order valence-corrected chi connectivity index (χ4v) is 2.28. The molecule has 2 N–H and O–H groups in total. The van der Waals surface area contributed by atoms with Gasteiger partial charge >= 0.3 is 0 Å². The van der Waals surface area contributed by atoms with E-state index in [1.54, 1.807) is 21.3 Å². The highest BCUT2D eigenvalue weighted by atomic mass is 127. The lowest BCUT2D eigenvalue weighted by molar-refractivity contribution is 0.152. The molecule has 0 fully saturated rings. The minimum atomic E-state index is 0. The van der Waals surface area contributed by atoms with E-state index >= 15 is 0 Å². The maximum Gasteiger partial charge on any atom is 0.191 e. The van der Waals surface area contributed by atoms with Crippen LogP contribution in [0.15, 0.2) is 21.6 Å². The minimum absolute atomic E-state index is 0. The molecular formula is C15H25BrIN3O3. The zero-order chi connectivity index (χ0) is 16.4.